The van der Waals surface area contributed by atoms with Gasteiger partial charge >= 0.3 is 0 Å². The maximum absolute atomic E-state index is 12.3. The minimum atomic E-state index is -0.242. The number of methoxy groups -OCH3 is 1. The maximum atomic E-state index is 12.3. The molecule has 0 spiro atoms. The molecule has 2 N–H and O–H groups in total. The number of aromatic amines is 1. The summed E-state index contributed by atoms with van der Waals surface area (Å²) in [7, 11) is 1.48. The molecule has 0 saturated carbocycles. The molecular weight excluding hydrogens is 342 g/mol. The van der Waals surface area contributed by atoms with Crippen LogP contribution in [0.15, 0.2) is 42.6 Å². The quantitative estimate of drug-likeness (QED) is 0.657. The highest BCUT2D eigenvalue weighted by Gasteiger charge is 2.15. The number of nitrogens with zero attached hydrogens (tertiary/aromatic N) is 1. The monoisotopic (exact) mass is 357 g/mol. The molecule has 0 saturated heterocycles. The summed E-state index contributed by atoms with van der Waals surface area (Å²) in [6, 6.07) is 10.3. The summed E-state index contributed by atoms with van der Waals surface area (Å²) in [5.74, 6) is 0.00577. The number of fused-ring (bicyclic) bond motifs is 1. The number of hydrogen-bond acceptors (Lipinski definition) is 4. The Morgan fingerprint density at radius 3 is 2.84 bits per heavy atom. The summed E-state index contributed by atoms with van der Waals surface area (Å²) in [5.41, 5.74) is 1.86. The van der Waals surface area contributed by atoms with Gasteiger partial charge in [0.2, 0.25) is 5.91 Å². The molecule has 1 aromatic heterocycles. The molecule has 0 aliphatic heterocycles. The van der Waals surface area contributed by atoms with Crippen LogP contribution in [-0.2, 0) is 4.79 Å². The van der Waals surface area contributed by atoms with Crippen molar-refractivity contribution in [3.8, 4) is 5.75 Å². The number of hydrogen-bond donors (Lipinski definition) is 2. The molecule has 1 amide bonds. The molecule has 0 bridgehead atoms. The van der Waals surface area contributed by atoms with E-state index >= 15 is 0 Å². The fourth-order valence-corrected chi connectivity index (χ4v) is 2.67. The van der Waals surface area contributed by atoms with Crippen molar-refractivity contribution in [1.29, 1.82) is 0 Å². The van der Waals surface area contributed by atoms with Crippen LogP contribution in [0, 0.1) is 0 Å². The van der Waals surface area contributed by atoms with E-state index in [0.29, 0.717) is 22.0 Å². The van der Waals surface area contributed by atoms with Crippen molar-refractivity contribution in [3.05, 3.63) is 53.2 Å². The molecule has 128 valence electrons. The van der Waals surface area contributed by atoms with Gasteiger partial charge < -0.3 is 10.1 Å². The molecule has 0 aliphatic rings. The maximum Gasteiger partial charge on any atom is 0.224 e. The predicted octanol–water partition coefficient (Wildman–Crippen LogP) is 3.83. The van der Waals surface area contributed by atoms with Gasteiger partial charge in [0.05, 0.1) is 24.4 Å². The normalized spacial score (nSPS) is 10.6. The number of amides is 1. The number of nitrogens with one attached hydrogen (secondary N) is 2. The van der Waals surface area contributed by atoms with E-state index in [4.69, 9.17) is 16.3 Å². The molecule has 0 aliphatic carbocycles. The Hall–Kier alpha value is -2.86. The number of ketones is 1. The summed E-state index contributed by atoms with van der Waals surface area (Å²) < 4.78 is 5.17. The number of anilines is 1. The molecule has 0 fully saturated rings. The van der Waals surface area contributed by atoms with E-state index in [1.807, 2.05) is 6.07 Å². The van der Waals surface area contributed by atoms with Crippen molar-refractivity contribution in [2.24, 2.45) is 0 Å². The van der Waals surface area contributed by atoms with Crippen LogP contribution < -0.4 is 10.1 Å². The molecule has 0 atom stereocenters. The zero-order valence-corrected chi connectivity index (χ0v) is 14.3. The van der Waals surface area contributed by atoms with Gasteiger partial charge in [0.25, 0.3) is 0 Å². The van der Waals surface area contributed by atoms with Crippen molar-refractivity contribution >= 4 is 39.9 Å². The number of rotatable bonds is 6. The molecule has 6 nitrogen and oxygen atoms in total. The van der Waals surface area contributed by atoms with Crippen molar-refractivity contribution < 1.29 is 14.3 Å². The van der Waals surface area contributed by atoms with Gasteiger partial charge in [-0.25, -0.2) is 0 Å². The number of H-pyrrole nitrogens is 1. The molecule has 2 aromatic carbocycles. The number of carbonyl (C=O) groups excluding carboxylic acids is 2. The second kappa shape index (κ2) is 7.36. The van der Waals surface area contributed by atoms with Crippen LogP contribution in [-0.4, -0.2) is 29.0 Å². The van der Waals surface area contributed by atoms with Crippen LogP contribution in [0.2, 0.25) is 5.02 Å². The number of Topliss-reactive ketones (excluding diaryl/α,β-unsaturated/α-hetero) is 1. The SMILES string of the molecule is COc1ccc(Cl)cc1C(=O)CCC(=O)Nc1ccc2cn[nH]c2c1. The predicted molar refractivity (Wildman–Crippen MR) is 96.3 cm³/mol. The fraction of sp³-hybridized carbons (Fsp3) is 0.167. The number of halogens is 1. The number of aromatic nitrogens is 2. The third-order valence-electron chi connectivity index (χ3n) is 3.77. The van der Waals surface area contributed by atoms with Crippen molar-refractivity contribution in [3.63, 3.8) is 0 Å². The first-order chi connectivity index (χ1) is 12.1. The fourth-order valence-electron chi connectivity index (χ4n) is 2.50. The van der Waals surface area contributed by atoms with Crippen molar-refractivity contribution in [2.45, 2.75) is 12.8 Å². The van der Waals surface area contributed by atoms with E-state index in [2.05, 4.69) is 15.5 Å². The second-order valence-electron chi connectivity index (χ2n) is 5.49. The Kier molecular flexibility index (Phi) is 5.00. The highest BCUT2D eigenvalue weighted by Crippen LogP contribution is 2.24. The lowest BCUT2D eigenvalue weighted by atomic mass is 10.1. The highest BCUT2D eigenvalue weighted by atomic mass is 35.5. The largest absolute Gasteiger partial charge is 0.496 e. The topological polar surface area (TPSA) is 84.1 Å². The Morgan fingerprint density at radius 1 is 1.20 bits per heavy atom. The van der Waals surface area contributed by atoms with Gasteiger partial charge in [-0.3, -0.25) is 14.7 Å². The van der Waals surface area contributed by atoms with Crippen LogP contribution in [0.25, 0.3) is 10.9 Å². The third-order valence-corrected chi connectivity index (χ3v) is 4.00. The Morgan fingerprint density at radius 2 is 2.04 bits per heavy atom. The standard InChI is InChI=1S/C18H16ClN3O3/c1-25-17-6-3-12(19)8-14(17)16(23)5-7-18(24)21-13-4-2-11-10-20-22-15(11)9-13/h2-4,6,8-10H,5,7H2,1H3,(H,20,22)(H,21,24). The van der Waals surface area contributed by atoms with E-state index < -0.39 is 0 Å². The molecular formula is C18H16ClN3O3. The number of ether oxygens (including phenoxy) is 1. The van der Waals surface area contributed by atoms with Crippen molar-refractivity contribution in [2.75, 3.05) is 12.4 Å². The minimum Gasteiger partial charge on any atom is -0.496 e. The number of carbonyl (C=O) groups is 2. The summed E-state index contributed by atoms with van der Waals surface area (Å²) in [4.78, 5) is 24.4. The van der Waals surface area contributed by atoms with Gasteiger partial charge in [0.15, 0.2) is 5.78 Å². The van der Waals surface area contributed by atoms with E-state index in [1.54, 1.807) is 36.5 Å². The molecule has 7 heteroatoms. The van der Waals surface area contributed by atoms with Gasteiger partial charge in [-0.2, -0.15) is 5.10 Å². The molecule has 1 heterocycles. The average molecular weight is 358 g/mol. The zero-order chi connectivity index (χ0) is 17.8. The summed E-state index contributed by atoms with van der Waals surface area (Å²) in [6.07, 6.45) is 1.84. The average Bonchev–Trinajstić information content (AvgIpc) is 3.07. The first-order valence-corrected chi connectivity index (χ1v) is 8.04. The van der Waals surface area contributed by atoms with Crippen LogP contribution in [0.3, 0.4) is 0 Å². The van der Waals surface area contributed by atoms with Crippen LogP contribution in [0.1, 0.15) is 23.2 Å². The van der Waals surface area contributed by atoms with Gasteiger partial charge in [0, 0.05) is 28.9 Å². The molecule has 25 heavy (non-hydrogen) atoms. The molecule has 0 unspecified atom stereocenters. The van der Waals surface area contributed by atoms with E-state index in [9.17, 15) is 9.59 Å². The minimum absolute atomic E-state index is 0.0643. The summed E-state index contributed by atoms with van der Waals surface area (Å²) in [5, 5.41) is 11.0. The van der Waals surface area contributed by atoms with E-state index in [-0.39, 0.29) is 24.5 Å². The van der Waals surface area contributed by atoms with Gasteiger partial charge in [-0.15, -0.1) is 0 Å². The van der Waals surface area contributed by atoms with E-state index in [0.717, 1.165) is 10.9 Å². The van der Waals surface area contributed by atoms with Crippen molar-refractivity contribution in [1.82, 2.24) is 10.2 Å². The van der Waals surface area contributed by atoms with E-state index in [1.165, 1.54) is 7.11 Å². The lowest BCUT2D eigenvalue weighted by molar-refractivity contribution is -0.116. The smallest absolute Gasteiger partial charge is 0.224 e. The summed E-state index contributed by atoms with van der Waals surface area (Å²) in [6.45, 7) is 0. The van der Waals surface area contributed by atoms with Gasteiger partial charge in [-0.05, 0) is 36.4 Å². The third kappa shape index (κ3) is 3.97. The van der Waals surface area contributed by atoms with Gasteiger partial charge in [-0.1, -0.05) is 11.6 Å². The van der Waals surface area contributed by atoms with Crippen LogP contribution in [0.4, 0.5) is 5.69 Å². The summed E-state index contributed by atoms with van der Waals surface area (Å²) >= 11 is 5.93. The highest BCUT2D eigenvalue weighted by molar-refractivity contribution is 6.31. The molecule has 3 rings (SSSR count). The zero-order valence-electron chi connectivity index (χ0n) is 13.5. The lowest BCUT2D eigenvalue weighted by Gasteiger charge is -2.08. The van der Waals surface area contributed by atoms with Crippen LogP contribution in [0.5, 0.6) is 5.75 Å². The van der Waals surface area contributed by atoms with Gasteiger partial charge in [0.1, 0.15) is 5.75 Å². The Balaban J connectivity index is 1.61. The number of benzene rings is 2. The first-order valence-electron chi connectivity index (χ1n) is 7.66. The molecule has 3 aromatic rings. The lowest BCUT2D eigenvalue weighted by Crippen LogP contribution is -2.13. The molecule has 0 radical (unpaired) electrons. The Labute approximate surface area is 149 Å². The Bertz CT molecular complexity index is 936. The second-order valence-corrected chi connectivity index (χ2v) is 5.92. The first kappa shape index (κ1) is 17.0. The van der Waals surface area contributed by atoms with Crippen LogP contribution >= 0.6 is 11.6 Å².